The summed E-state index contributed by atoms with van der Waals surface area (Å²) in [6.07, 6.45) is 5.00. The summed E-state index contributed by atoms with van der Waals surface area (Å²) in [6, 6.07) is 13.6. The molecular formula is C22H27NO3. The number of nitrogens with one attached hydrogen (secondary N) is 1. The maximum absolute atomic E-state index is 12.3. The highest BCUT2D eigenvalue weighted by Crippen LogP contribution is 2.29. The van der Waals surface area contributed by atoms with Gasteiger partial charge in [-0.25, -0.2) is 0 Å². The molecule has 0 radical (unpaired) electrons. The minimum atomic E-state index is -0.165. The van der Waals surface area contributed by atoms with E-state index in [4.69, 9.17) is 9.47 Å². The Morgan fingerprint density at radius 1 is 1.08 bits per heavy atom. The molecule has 0 aromatic heterocycles. The number of amides is 1. The number of hydrogen-bond acceptors (Lipinski definition) is 3. The summed E-state index contributed by atoms with van der Waals surface area (Å²) in [6.45, 7) is 4.07. The molecule has 0 saturated heterocycles. The Kier molecular flexibility index (Phi) is 7.27. The Morgan fingerprint density at radius 2 is 1.81 bits per heavy atom. The van der Waals surface area contributed by atoms with E-state index in [0.29, 0.717) is 11.5 Å². The monoisotopic (exact) mass is 353 g/mol. The van der Waals surface area contributed by atoms with Gasteiger partial charge in [-0.05, 0) is 55.2 Å². The molecule has 26 heavy (non-hydrogen) atoms. The molecule has 2 aromatic rings. The van der Waals surface area contributed by atoms with Gasteiger partial charge >= 0.3 is 0 Å². The topological polar surface area (TPSA) is 47.6 Å². The van der Waals surface area contributed by atoms with Crippen LogP contribution in [-0.4, -0.2) is 20.1 Å². The summed E-state index contributed by atoms with van der Waals surface area (Å²) >= 11 is 0. The summed E-state index contributed by atoms with van der Waals surface area (Å²) < 4.78 is 10.6. The predicted octanol–water partition coefficient (Wildman–Crippen LogP) is 5.09. The van der Waals surface area contributed by atoms with Crippen molar-refractivity contribution < 1.29 is 14.3 Å². The molecule has 2 aromatic carbocycles. The first-order chi connectivity index (χ1) is 12.6. The van der Waals surface area contributed by atoms with E-state index in [9.17, 15) is 4.79 Å². The molecule has 0 bridgehead atoms. The van der Waals surface area contributed by atoms with Crippen molar-refractivity contribution in [3.63, 3.8) is 0 Å². The van der Waals surface area contributed by atoms with E-state index in [0.717, 1.165) is 23.2 Å². The molecule has 0 saturated carbocycles. The quantitative estimate of drug-likeness (QED) is 0.673. The lowest BCUT2D eigenvalue weighted by Gasteiger charge is -2.11. The molecular weight excluding hydrogens is 326 g/mol. The van der Waals surface area contributed by atoms with Crippen molar-refractivity contribution in [3.8, 4) is 11.5 Å². The number of allylic oxidation sites excluding steroid dienone is 1. The van der Waals surface area contributed by atoms with Crippen LogP contribution in [0.5, 0.6) is 11.5 Å². The van der Waals surface area contributed by atoms with Crippen molar-refractivity contribution in [3.05, 3.63) is 59.7 Å². The first-order valence-electron chi connectivity index (χ1n) is 8.88. The molecule has 0 spiro atoms. The molecule has 2 rings (SSSR count). The zero-order valence-electron chi connectivity index (χ0n) is 16.0. The number of carbonyl (C=O) groups excluding carboxylic acids is 1. The zero-order valence-corrected chi connectivity index (χ0v) is 16.0. The van der Waals surface area contributed by atoms with Crippen LogP contribution in [-0.2, 0) is 11.2 Å². The highest BCUT2D eigenvalue weighted by atomic mass is 16.5. The maximum Gasteiger partial charge on any atom is 0.248 e. The number of ether oxygens (including phenoxy) is 2. The summed E-state index contributed by atoms with van der Waals surface area (Å²) in [7, 11) is 3.21. The summed E-state index contributed by atoms with van der Waals surface area (Å²) in [4.78, 5) is 12.3. The zero-order chi connectivity index (χ0) is 18.9. The molecule has 1 N–H and O–H groups in total. The van der Waals surface area contributed by atoms with Crippen LogP contribution in [0.4, 0.5) is 5.69 Å². The second-order valence-corrected chi connectivity index (χ2v) is 6.18. The number of aryl methyl sites for hydroxylation is 1. The summed E-state index contributed by atoms with van der Waals surface area (Å²) in [5.74, 6) is 1.22. The molecule has 0 unspecified atom stereocenters. The van der Waals surface area contributed by atoms with Gasteiger partial charge in [-0.1, -0.05) is 25.5 Å². The molecule has 4 heteroatoms. The van der Waals surface area contributed by atoms with Crippen LogP contribution in [0.2, 0.25) is 0 Å². The van der Waals surface area contributed by atoms with Crippen LogP contribution in [0.3, 0.4) is 0 Å². The lowest BCUT2D eigenvalue weighted by atomic mass is 10.1. The summed E-state index contributed by atoms with van der Waals surface area (Å²) in [5.41, 5.74) is 3.76. The minimum Gasteiger partial charge on any atom is -0.497 e. The van der Waals surface area contributed by atoms with E-state index in [2.05, 4.69) is 24.4 Å². The lowest BCUT2D eigenvalue weighted by molar-refractivity contribution is -0.111. The Balaban J connectivity index is 2.08. The van der Waals surface area contributed by atoms with Crippen molar-refractivity contribution in [1.82, 2.24) is 0 Å². The number of hydrogen-bond donors (Lipinski definition) is 1. The van der Waals surface area contributed by atoms with Gasteiger partial charge in [0.15, 0.2) is 0 Å². The van der Waals surface area contributed by atoms with Crippen molar-refractivity contribution in [2.75, 3.05) is 19.5 Å². The van der Waals surface area contributed by atoms with Gasteiger partial charge in [-0.15, -0.1) is 0 Å². The standard InChI is InChI=1S/C22H27NO3/c1-5-6-7-17-8-10-18(11-9-17)23-22(24)14-16(2)20-13-12-19(25-3)15-21(20)26-4/h8-15H,5-7H2,1-4H3,(H,23,24)/b16-14+. The molecule has 1 amide bonds. The van der Waals surface area contributed by atoms with E-state index in [1.54, 1.807) is 26.4 Å². The first kappa shape index (κ1) is 19.6. The van der Waals surface area contributed by atoms with E-state index in [-0.39, 0.29) is 5.91 Å². The maximum atomic E-state index is 12.3. The number of anilines is 1. The Labute approximate surface area is 155 Å². The Morgan fingerprint density at radius 3 is 2.42 bits per heavy atom. The molecule has 4 nitrogen and oxygen atoms in total. The van der Waals surface area contributed by atoms with Gasteiger partial charge in [0.25, 0.3) is 0 Å². The highest BCUT2D eigenvalue weighted by Gasteiger charge is 2.08. The number of benzene rings is 2. The minimum absolute atomic E-state index is 0.165. The molecule has 0 heterocycles. The fourth-order valence-corrected chi connectivity index (χ4v) is 2.71. The van der Waals surface area contributed by atoms with Crippen molar-refractivity contribution in [1.29, 1.82) is 0 Å². The van der Waals surface area contributed by atoms with Crippen LogP contribution in [0.1, 0.15) is 37.8 Å². The van der Waals surface area contributed by atoms with Gasteiger partial charge in [0.2, 0.25) is 5.91 Å². The van der Waals surface area contributed by atoms with E-state index < -0.39 is 0 Å². The number of unbranched alkanes of at least 4 members (excludes halogenated alkanes) is 1. The number of methoxy groups -OCH3 is 2. The molecule has 0 atom stereocenters. The molecule has 0 aliphatic rings. The third kappa shape index (κ3) is 5.38. The molecule has 0 aliphatic carbocycles. The van der Waals surface area contributed by atoms with E-state index in [1.807, 2.05) is 31.2 Å². The van der Waals surface area contributed by atoms with Crippen LogP contribution in [0.25, 0.3) is 5.57 Å². The van der Waals surface area contributed by atoms with Crippen molar-refractivity contribution >= 4 is 17.2 Å². The average molecular weight is 353 g/mol. The second kappa shape index (κ2) is 9.66. The van der Waals surface area contributed by atoms with Crippen LogP contribution >= 0.6 is 0 Å². The first-order valence-corrected chi connectivity index (χ1v) is 8.88. The molecule has 0 fully saturated rings. The largest absolute Gasteiger partial charge is 0.497 e. The lowest BCUT2D eigenvalue weighted by Crippen LogP contribution is -2.08. The summed E-state index contributed by atoms with van der Waals surface area (Å²) in [5, 5.41) is 2.91. The molecule has 0 aliphatic heterocycles. The third-order valence-corrected chi connectivity index (χ3v) is 4.22. The van der Waals surface area contributed by atoms with Gasteiger partial charge in [0.1, 0.15) is 11.5 Å². The Hall–Kier alpha value is -2.75. The van der Waals surface area contributed by atoms with Gasteiger partial charge in [-0.2, -0.15) is 0 Å². The predicted molar refractivity (Wildman–Crippen MR) is 107 cm³/mol. The third-order valence-electron chi connectivity index (χ3n) is 4.22. The van der Waals surface area contributed by atoms with Crippen LogP contribution in [0, 0.1) is 0 Å². The molecule has 138 valence electrons. The number of rotatable bonds is 8. The fourth-order valence-electron chi connectivity index (χ4n) is 2.71. The average Bonchev–Trinajstić information content (AvgIpc) is 2.66. The van der Waals surface area contributed by atoms with Crippen molar-refractivity contribution in [2.24, 2.45) is 0 Å². The van der Waals surface area contributed by atoms with Crippen molar-refractivity contribution in [2.45, 2.75) is 33.1 Å². The van der Waals surface area contributed by atoms with E-state index in [1.165, 1.54) is 18.4 Å². The van der Waals surface area contributed by atoms with Crippen LogP contribution < -0.4 is 14.8 Å². The van der Waals surface area contributed by atoms with Gasteiger partial charge in [-0.3, -0.25) is 4.79 Å². The highest BCUT2D eigenvalue weighted by molar-refractivity contribution is 6.04. The normalized spacial score (nSPS) is 11.2. The Bertz CT molecular complexity index is 763. The van der Waals surface area contributed by atoms with Crippen LogP contribution in [0.15, 0.2) is 48.5 Å². The van der Waals surface area contributed by atoms with E-state index >= 15 is 0 Å². The van der Waals surface area contributed by atoms with Gasteiger partial charge in [0.05, 0.1) is 14.2 Å². The van der Waals surface area contributed by atoms with Gasteiger partial charge in [0, 0.05) is 23.4 Å². The smallest absolute Gasteiger partial charge is 0.248 e. The van der Waals surface area contributed by atoms with Gasteiger partial charge < -0.3 is 14.8 Å². The number of carbonyl (C=O) groups is 1. The second-order valence-electron chi connectivity index (χ2n) is 6.18. The fraction of sp³-hybridized carbons (Fsp3) is 0.318. The SMILES string of the molecule is CCCCc1ccc(NC(=O)/C=C(\C)c2ccc(OC)cc2OC)cc1.